The van der Waals surface area contributed by atoms with Crippen molar-refractivity contribution in [1.82, 2.24) is 14.9 Å². The summed E-state index contributed by atoms with van der Waals surface area (Å²) in [6.07, 6.45) is 8.21. The molecule has 0 N–H and O–H groups in total. The molecule has 0 unspecified atom stereocenters. The van der Waals surface area contributed by atoms with E-state index in [1.54, 1.807) is 0 Å². The third kappa shape index (κ3) is 2.58. The number of aromatic nitrogens is 2. The summed E-state index contributed by atoms with van der Waals surface area (Å²) in [5.74, 6) is 1.77. The molecule has 108 valence electrons. The molecule has 0 amide bonds. The highest BCUT2D eigenvalue weighted by Crippen LogP contribution is 2.37. The highest BCUT2D eigenvalue weighted by molar-refractivity contribution is 5.55. The lowest BCUT2D eigenvalue weighted by molar-refractivity contribution is 0.205. The van der Waals surface area contributed by atoms with E-state index in [4.69, 9.17) is 0 Å². The zero-order valence-electron chi connectivity index (χ0n) is 12.5. The van der Waals surface area contributed by atoms with Gasteiger partial charge in [-0.15, -0.1) is 0 Å². The predicted octanol–water partition coefficient (Wildman–Crippen LogP) is 3.44. The Hall–Kier alpha value is -1.74. The first-order chi connectivity index (χ1) is 10.3. The molecule has 3 heteroatoms. The molecule has 2 aromatic rings. The molecule has 2 heterocycles. The van der Waals surface area contributed by atoms with Gasteiger partial charge in [0.05, 0.1) is 0 Å². The topological polar surface area (TPSA) is 29.0 Å². The number of nitrogens with zero attached hydrogens (tertiary/aromatic N) is 3. The van der Waals surface area contributed by atoms with Crippen LogP contribution >= 0.6 is 0 Å². The number of fused-ring (bicyclic) bond motifs is 2. The van der Waals surface area contributed by atoms with Crippen LogP contribution in [0.15, 0.2) is 36.7 Å². The van der Waals surface area contributed by atoms with Crippen molar-refractivity contribution in [1.29, 1.82) is 0 Å². The second-order valence-electron chi connectivity index (χ2n) is 6.55. The van der Waals surface area contributed by atoms with Crippen molar-refractivity contribution in [2.45, 2.75) is 38.8 Å². The van der Waals surface area contributed by atoms with Crippen molar-refractivity contribution in [3.8, 4) is 11.4 Å². The van der Waals surface area contributed by atoms with Crippen LogP contribution in [0.4, 0.5) is 0 Å². The highest BCUT2D eigenvalue weighted by atomic mass is 15.2. The monoisotopic (exact) mass is 279 g/mol. The average Bonchev–Trinajstić information content (AvgIpc) is 3.11. The largest absolute Gasteiger partial charge is 0.296 e. The molecule has 3 nitrogen and oxygen atoms in total. The van der Waals surface area contributed by atoms with Crippen molar-refractivity contribution >= 4 is 0 Å². The third-order valence-corrected chi connectivity index (χ3v) is 4.89. The van der Waals surface area contributed by atoms with Gasteiger partial charge in [-0.2, -0.15) is 0 Å². The summed E-state index contributed by atoms with van der Waals surface area (Å²) in [6.45, 7) is 4.37. The van der Waals surface area contributed by atoms with Gasteiger partial charge in [0.25, 0.3) is 0 Å². The molecule has 1 saturated heterocycles. The molecule has 4 rings (SSSR count). The Morgan fingerprint density at radius 2 is 2.05 bits per heavy atom. The summed E-state index contributed by atoms with van der Waals surface area (Å²) < 4.78 is 0. The van der Waals surface area contributed by atoms with Gasteiger partial charge in [0.1, 0.15) is 0 Å². The van der Waals surface area contributed by atoms with Crippen molar-refractivity contribution < 1.29 is 0 Å². The van der Waals surface area contributed by atoms with E-state index in [0.29, 0.717) is 0 Å². The molecule has 2 fully saturated rings. The number of hydrogen-bond acceptors (Lipinski definition) is 3. The molecule has 1 aliphatic carbocycles. The molecule has 0 radical (unpaired) electrons. The molecule has 1 saturated carbocycles. The van der Waals surface area contributed by atoms with Crippen LogP contribution in [-0.2, 0) is 6.54 Å². The Bertz CT molecular complexity index is 635. The van der Waals surface area contributed by atoms with E-state index >= 15 is 0 Å². The van der Waals surface area contributed by atoms with Crippen molar-refractivity contribution in [2.75, 3.05) is 6.54 Å². The lowest BCUT2D eigenvalue weighted by Crippen LogP contribution is -2.31. The minimum Gasteiger partial charge on any atom is -0.296 e. The van der Waals surface area contributed by atoms with Crippen molar-refractivity contribution in [3.05, 3.63) is 47.8 Å². The minimum atomic E-state index is 0.812. The Morgan fingerprint density at radius 3 is 2.71 bits per heavy atom. The number of rotatable bonds is 3. The molecular formula is C18H21N3. The third-order valence-electron chi connectivity index (χ3n) is 4.89. The Labute approximate surface area is 126 Å². The van der Waals surface area contributed by atoms with E-state index in [0.717, 1.165) is 29.9 Å². The first-order valence-electron chi connectivity index (χ1n) is 7.90. The second kappa shape index (κ2) is 5.23. The lowest BCUT2D eigenvalue weighted by Gasteiger charge is -2.26. The highest BCUT2D eigenvalue weighted by Gasteiger charge is 2.37. The molecule has 2 bridgehead atoms. The smallest absolute Gasteiger partial charge is 0.159 e. The summed E-state index contributed by atoms with van der Waals surface area (Å²) in [4.78, 5) is 11.7. The number of aryl methyl sites for hydroxylation is 1. The standard InChI is InChI=1S/C18H21N3/c1-13-3-2-4-16(7-13)18-19-9-15(10-20-18)12-21-11-14-5-6-17(21)8-14/h2-4,7,9-10,14,17H,5-6,8,11-12H2,1H3/t14-,17-/m0/s1. The van der Waals surface area contributed by atoms with Gasteiger partial charge in [0.2, 0.25) is 0 Å². The van der Waals surface area contributed by atoms with Crippen LogP contribution in [0.5, 0.6) is 0 Å². The van der Waals surface area contributed by atoms with Crippen LogP contribution < -0.4 is 0 Å². The van der Waals surface area contributed by atoms with Gasteiger partial charge in [0.15, 0.2) is 5.82 Å². The number of hydrogen-bond donors (Lipinski definition) is 0. The second-order valence-corrected chi connectivity index (χ2v) is 6.55. The van der Waals surface area contributed by atoms with E-state index in [1.165, 1.54) is 36.9 Å². The van der Waals surface area contributed by atoms with Gasteiger partial charge in [0, 0.05) is 42.7 Å². The summed E-state index contributed by atoms with van der Waals surface area (Å²) in [5, 5.41) is 0. The fourth-order valence-corrected chi connectivity index (χ4v) is 3.82. The molecule has 0 spiro atoms. The van der Waals surface area contributed by atoms with E-state index in [-0.39, 0.29) is 0 Å². The van der Waals surface area contributed by atoms with Crippen molar-refractivity contribution in [2.24, 2.45) is 5.92 Å². The maximum atomic E-state index is 4.56. The van der Waals surface area contributed by atoms with Gasteiger partial charge in [-0.05, 0) is 38.2 Å². The Kier molecular flexibility index (Phi) is 3.23. The summed E-state index contributed by atoms with van der Waals surface area (Å²) in [6, 6.07) is 9.17. The first-order valence-corrected chi connectivity index (χ1v) is 7.90. The molecule has 1 aromatic carbocycles. The average molecular weight is 279 g/mol. The van der Waals surface area contributed by atoms with Gasteiger partial charge < -0.3 is 0 Å². The van der Waals surface area contributed by atoms with Crippen molar-refractivity contribution in [3.63, 3.8) is 0 Å². The SMILES string of the molecule is Cc1cccc(-c2ncc(CN3C[C@H]4CC[C@H]3C4)cn2)c1. The quantitative estimate of drug-likeness (QED) is 0.862. The zero-order chi connectivity index (χ0) is 14.2. The Morgan fingerprint density at radius 1 is 1.19 bits per heavy atom. The summed E-state index contributed by atoms with van der Waals surface area (Å²) in [7, 11) is 0. The van der Waals surface area contributed by atoms with Crippen LogP contribution in [0.3, 0.4) is 0 Å². The van der Waals surface area contributed by atoms with Crippen LogP contribution in [0.2, 0.25) is 0 Å². The molecule has 21 heavy (non-hydrogen) atoms. The lowest BCUT2D eigenvalue weighted by atomic mass is 10.1. The first kappa shape index (κ1) is 13.0. The van der Waals surface area contributed by atoms with Crippen LogP contribution in [-0.4, -0.2) is 27.5 Å². The number of piperidine rings is 1. The van der Waals surface area contributed by atoms with Gasteiger partial charge in [-0.1, -0.05) is 23.8 Å². The predicted molar refractivity (Wildman–Crippen MR) is 83.7 cm³/mol. The zero-order valence-corrected chi connectivity index (χ0v) is 12.5. The summed E-state index contributed by atoms with van der Waals surface area (Å²) in [5.41, 5.74) is 3.58. The summed E-state index contributed by atoms with van der Waals surface area (Å²) >= 11 is 0. The van der Waals surface area contributed by atoms with E-state index in [2.05, 4.69) is 46.1 Å². The number of benzene rings is 1. The fourth-order valence-electron chi connectivity index (χ4n) is 3.82. The maximum Gasteiger partial charge on any atom is 0.159 e. The van der Waals surface area contributed by atoms with Gasteiger partial charge in [-0.25, -0.2) is 9.97 Å². The normalized spacial score (nSPS) is 24.6. The van der Waals surface area contributed by atoms with Crippen LogP contribution in [0, 0.1) is 12.8 Å². The maximum absolute atomic E-state index is 4.56. The molecule has 1 aliphatic heterocycles. The van der Waals surface area contributed by atoms with Crippen LogP contribution in [0.1, 0.15) is 30.4 Å². The number of likely N-dealkylation sites (tertiary alicyclic amines) is 1. The van der Waals surface area contributed by atoms with Crippen LogP contribution in [0.25, 0.3) is 11.4 Å². The fraction of sp³-hybridized carbons (Fsp3) is 0.444. The minimum absolute atomic E-state index is 0.812. The molecular weight excluding hydrogens is 258 g/mol. The van der Waals surface area contributed by atoms with E-state index in [9.17, 15) is 0 Å². The van der Waals surface area contributed by atoms with E-state index in [1.807, 2.05) is 12.4 Å². The Balaban J connectivity index is 1.49. The molecule has 2 aliphatic rings. The van der Waals surface area contributed by atoms with Gasteiger partial charge >= 0.3 is 0 Å². The molecule has 2 atom stereocenters. The van der Waals surface area contributed by atoms with E-state index < -0.39 is 0 Å². The molecule has 1 aromatic heterocycles. The van der Waals surface area contributed by atoms with Gasteiger partial charge in [-0.3, -0.25) is 4.90 Å².